The summed E-state index contributed by atoms with van der Waals surface area (Å²) in [6.45, 7) is 4.17. The van der Waals surface area contributed by atoms with Gasteiger partial charge in [-0.3, -0.25) is 0 Å². The van der Waals surface area contributed by atoms with Crippen molar-refractivity contribution < 1.29 is 38.0 Å². The first-order valence-corrected chi connectivity index (χ1v) is 11.9. The molecule has 0 saturated heterocycles. The predicted molar refractivity (Wildman–Crippen MR) is 134 cm³/mol. The molecule has 4 rings (SSSR count). The van der Waals surface area contributed by atoms with E-state index in [-0.39, 0.29) is 6.61 Å². The van der Waals surface area contributed by atoms with Gasteiger partial charge < -0.3 is 38.9 Å². The van der Waals surface area contributed by atoms with Crippen molar-refractivity contribution in [1.82, 2.24) is 0 Å². The highest BCUT2D eigenvalue weighted by molar-refractivity contribution is 5.94. The molecule has 1 heterocycles. The number of ether oxygens (including phenoxy) is 7. The molecule has 0 amide bonds. The number of hydrogen-bond donors (Lipinski definition) is 1. The van der Waals surface area contributed by atoms with Gasteiger partial charge in [0.05, 0.1) is 64.1 Å². The van der Waals surface area contributed by atoms with Crippen LogP contribution in [-0.2, 0) is 18.9 Å². The first-order chi connectivity index (χ1) is 17.7. The minimum atomic E-state index is -0.556. The van der Waals surface area contributed by atoms with E-state index >= 15 is 0 Å². The van der Waals surface area contributed by atoms with E-state index in [1.165, 1.54) is 0 Å². The number of rotatable bonds is 2. The van der Waals surface area contributed by atoms with Crippen molar-refractivity contribution in [1.29, 1.82) is 0 Å². The molecule has 0 aromatic heterocycles. The molecule has 36 heavy (non-hydrogen) atoms. The minimum Gasteiger partial charge on any atom is -0.487 e. The van der Waals surface area contributed by atoms with E-state index in [0.717, 1.165) is 10.8 Å². The summed E-state index contributed by atoms with van der Waals surface area (Å²) in [7, 11) is 0. The number of benzene rings is 3. The van der Waals surface area contributed by atoms with Crippen LogP contribution in [0.5, 0.6) is 17.2 Å². The molecule has 0 radical (unpaired) electrons. The van der Waals surface area contributed by atoms with Crippen molar-refractivity contribution in [2.45, 2.75) is 0 Å². The topological polar surface area (TPSA) is 108 Å². The van der Waals surface area contributed by atoms with Gasteiger partial charge in [-0.15, -0.1) is 0 Å². The Hall–Kier alpha value is -3.37. The first-order valence-electron chi connectivity index (χ1n) is 11.9. The summed E-state index contributed by atoms with van der Waals surface area (Å²) in [5.41, 5.74) is 6.80. The van der Waals surface area contributed by atoms with E-state index < -0.39 is 5.97 Å². The maximum Gasteiger partial charge on any atom is 0.343 e. The average molecular weight is 498 g/mol. The number of anilines is 1. The zero-order valence-corrected chi connectivity index (χ0v) is 20.1. The SMILES string of the molecule is Nc1cc2ccccc2cc1OC(=O)c1ccc2c(c1)OCCOCCOCCOCCOCCO2. The molecule has 0 fully saturated rings. The third-order valence-corrected chi connectivity index (χ3v) is 5.35. The van der Waals surface area contributed by atoms with E-state index in [2.05, 4.69) is 0 Å². The highest BCUT2D eigenvalue weighted by Gasteiger charge is 2.16. The monoisotopic (exact) mass is 497 g/mol. The zero-order chi connectivity index (χ0) is 25.0. The Labute approximate surface area is 209 Å². The summed E-state index contributed by atoms with van der Waals surface area (Å²) < 4.78 is 39.3. The molecule has 1 aliphatic heterocycles. The number of carbonyl (C=O) groups excluding carboxylic acids is 1. The Balaban J connectivity index is 1.44. The Morgan fingerprint density at radius 2 is 1.17 bits per heavy atom. The maximum absolute atomic E-state index is 12.9. The van der Waals surface area contributed by atoms with E-state index in [0.29, 0.717) is 88.0 Å². The van der Waals surface area contributed by atoms with Gasteiger partial charge >= 0.3 is 5.97 Å². The summed E-state index contributed by atoms with van der Waals surface area (Å²) in [6.07, 6.45) is 0. The summed E-state index contributed by atoms with van der Waals surface area (Å²) in [6, 6.07) is 16.1. The summed E-state index contributed by atoms with van der Waals surface area (Å²) in [5, 5.41) is 1.89. The molecule has 0 unspecified atom stereocenters. The van der Waals surface area contributed by atoms with E-state index in [1.807, 2.05) is 24.3 Å². The standard InChI is InChI=1S/C27H31NO8/c28-23-17-20-3-1-2-4-21(20)18-25(23)36-27(29)22-5-6-24-26(19-22)35-16-14-33-12-10-31-8-7-30-9-11-32-13-15-34-24/h1-6,17-19H,7-16,28H2. The number of nitrogen functional groups attached to an aromatic ring is 1. The number of hydrogen-bond acceptors (Lipinski definition) is 9. The minimum absolute atomic E-state index is 0.270. The lowest BCUT2D eigenvalue weighted by Gasteiger charge is -2.15. The predicted octanol–water partition coefficient (Wildman–Crippen LogP) is 3.48. The van der Waals surface area contributed by atoms with Crippen LogP contribution in [0.25, 0.3) is 10.8 Å². The number of fused-ring (bicyclic) bond motifs is 2. The molecule has 0 atom stereocenters. The molecule has 3 aromatic rings. The second-order valence-corrected chi connectivity index (χ2v) is 7.93. The van der Waals surface area contributed by atoms with Gasteiger partial charge in [0, 0.05) is 0 Å². The lowest BCUT2D eigenvalue weighted by atomic mass is 10.1. The number of nitrogens with two attached hydrogens (primary N) is 1. The fraction of sp³-hybridized carbons (Fsp3) is 0.370. The van der Waals surface area contributed by atoms with Gasteiger partial charge in [-0.1, -0.05) is 24.3 Å². The highest BCUT2D eigenvalue weighted by Crippen LogP contribution is 2.31. The molecule has 0 bridgehead atoms. The van der Waals surface area contributed by atoms with Crippen LogP contribution < -0.4 is 19.9 Å². The fourth-order valence-electron chi connectivity index (χ4n) is 3.53. The zero-order valence-electron chi connectivity index (χ0n) is 20.1. The van der Waals surface area contributed by atoms with Crippen molar-refractivity contribution >= 4 is 22.4 Å². The van der Waals surface area contributed by atoms with Gasteiger partial charge in [-0.25, -0.2) is 4.79 Å². The molecule has 0 spiro atoms. The lowest BCUT2D eigenvalue weighted by Crippen LogP contribution is -2.16. The fourth-order valence-corrected chi connectivity index (χ4v) is 3.53. The number of carbonyl (C=O) groups is 1. The number of esters is 1. The van der Waals surface area contributed by atoms with Crippen LogP contribution >= 0.6 is 0 Å². The Kier molecular flexibility index (Phi) is 9.75. The third-order valence-electron chi connectivity index (χ3n) is 5.35. The van der Waals surface area contributed by atoms with Gasteiger partial charge in [-0.05, 0) is 41.1 Å². The van der Waals surface area contributed by atoms with Crippen LogP contribution in [0.4, 0.5) is 5.69 Å². The van der Waals surface area contributed by atoms with E-state index in [1.54, 1.807) is 30.3 Å². The van der Waals surface area contributed by atoms with Crippen LogP contribution in [-0.4, -0.2) is 72.0 Å². The van der Waals surface area contributed by atoms with Crippen molar-refractivity contribution in [3.63, 3.8) is 0 Å². The van der Waals surface area contributed by atoms with Crippen LogP contribution in [0.15, 0.2) is 54.6 Å². The average Bonchev–Trinajstić information content (AvgIpc) is 2.88. The molecule has 3 aromatic carbocycles. The molecule has 192 valence electrons. The largest absolute Gasteiger partial charge is 0.487 e. The Morgan fingerprint density at radius 1 is 0.639 bits per heavy atom. The van der Waals surface area contributed by atoms with Crippen LogP contribution in [0.2, 0.25) is 0 Å². The quantitative estimate of drug-likeness (QED) is 0.323. The van der Waals surface area contributed by atoms with Gasteiger partial charge in [-0.2, -0.15) is 0 Å². The van der Waals surface area contributed by atoms with Gasteiger partial charge in [0.25, 0.3) is 0 Å². The summed E-state index contributed by atoms with van der Waals surface area (Å²) >= 11 is 0. The second kappa shape index (κ2) is 13.6. The highest BCUT2D eigenvalue weighted by atomic mass is 16.6. The lowest BCUT2D eigenvalue weighted by molar-refractivity contribution is -0.00842. The normalized spacial score (nSPS) is 16.6. The van der Waals surface area contributed by atoms with E-state index in [4.69, 9.17) is 38.9 Å². The maximum atomic E-state index is 12.9. The molecule has 9 heteroatoms. The Bertz CT molecular complexity index is 1140. The Morgan fingerprint density at radius 3 is 1.78 bits per heavy atom. The first kappa shape index (κ1) is 25.7. The van der Waals surface area contributed by atoms with Crippen molar-refractivity contribution in [2.75, 3.05) is 71.8 Å². The molecule has 9 nitrogen and oxygen atoms in total. The van der Waals surface area contributed by atoms with Crippen molar-refractivity contribution in [3.05, 3.63) is 60.2 Å². The summed E-state index contributed by atoms with van der Waals surface area (Å²) in [4.78, 5) is 12.9. The van der Waals surface area contributed by atoms with Crippen LogP contribution in [0.1, 0.15) is 10.4 Å². The molecular formula is C27H31NO8. The second-order valence-electron chi connectivity index (χ2n) is 7.93. The van der Waals surface area contributed by atoms with Gasteiger partial charge in [0.2, 0.25) is 0 Å². The van der Waals surface area contributed by atoms with E-state index in [9.17, 15) is 4.79 Å². The summed E-state index contributed by atoms with van der Waals surface area (Å²) in [5.74, 6) is 0.632. The van der Waals surface area contributed by atoms with Crippen molar-refractivity contribution in [3.8, 4) is 17.2 Å². The van der Waals surface area contributed by atoms with Crippen LogP contribution in [0, 0.1) is 0 Å². The van der Waals surface area contributed by atoms with Gasteiger partial charge in [0.1, 0.15) is 13.2 Å². The van der Waals surface area contributed by atoms with Crippen molar-refractivity contribution in [2.24, 2.45) is 0 Å². The smallest absolute Gasteiger partial charge is 0.343 e. The molecule has 1 aliphatic rings. The van der Waals surface area contributed by atoms with Gasteiger partial charge in [0.15, 0.2) is 17.2 Å². The molecule has 0 aliphatic carbocycles. The molecule has 0 saturated carbocycles. The molecule has 2 N–H and O–H groups in total. The van der Waals surface area contributed by atoms with Crippen LogP contribution in [0.3, 0.4) is 0 Å². The molecular weight excluding hydrogens is 466 g/mol. The third kappa shape index (κ3) is 7.56.